The highest BCUT2D eigenvalue weighted by Gasteiger charge is 2.44. The van der Waals surface area contributed by atoms with Crippen molar-refractivity contribution in [3.8, 4) is 0 Å². The van der Waals surface area contributed by atoms with Crippen LogP contribution in [0.3, 0.4) is 0 Å². The molecule has 1 aliphatic rings. The molecule has 0 spiro atoms. The van der Waals surface area contributed by atoms with E-state index in [-0.39, 0.29) is 5.95 Å². The highest BCUT2D eigenvalue weighted by molar-refractivity contribution is 6.35. The van der Waals surface area contributed by atoms with Crippen molar-refractivity contribution in [3.05, 3.63) is 40.1 Å². The maximum atomic E-state index is 10.3. The van der Waals surface area contributed by atoms with Crippen molar-refractivity contribution in [2.45, 2.75) is 31.0 Å². The second-order valence-corrected chi connectivity index (χ2v) is 7.74. The highest BCUT2D eigenvalue weighted by atomic mass is 35.5. The van der Waals surface area contributed by atoms with Crippen LogP contribution in [0.1, 0.15) is 11.8 Å². The van der Waals surface area contributed by atoms with Gasteiger partial charge in [-0.2, -0.15) is 9.97 Å². The minimum Gasteiger partial charge on any atom is -0.394 e. The minimum absolute atomic E-state index is 0.00280. The van der Waals surface area contributed by atoms with Gasteiger partial charge in [-0.25, -0.2) is 4.98 Å². The summed E-state index contributed by atoms with van der Waals surface area (Å²) in [4.78, 5) is 12.7. The molecule has 2 aromatic heterocycles. The molecule has 0 saturated carbocycles. The fraction of sp³-hybridized carbons (Fsp3) is 0.389. The number of ether oxygens (including phenoxy) is 1. The molecule has 0 unspecified atom stereocenters. The predicted octanol–water partition coefficient (Wildman–Crippen LogP) is 0.981. The quantitative estimate of drug-likeness (QED) is 0.366. The van der Waals surface area contributed by atoms with Crippen molar-refractivity contribution in [1.29, 1.82) is 0 Å². The second kappa shape index (κ2) is 8.50. The number of benzene rings is 1. The first kappa shape index (κ1) is 21.0. The van der Waals surface area contributed by atoms with Gasteiger partial charge in [0, 0.05) is 16.6 Å². The molecule has 4 rings (SSSR count). The topological polar surface area (TPSA) is 152 Å². The van der Waals surface area contributed by atoms with E-state index < -0.39 is 31.1 Å². The normalized spacial score (nSPS) is 23.9. The smallest absolute Gasteiger partial charge is 0.224 e. The van der Waals surface area contributed by atoms with Crippen LogP contribution < -0.4 is 11.1 Å². The fourth-order valence-electron chi connectivity index (χ4n) is 3.39. The number of fused-ring (bicyclic) bond motifs is 1. The van der Waals surface area contributed by atoms with Gasteiger partial charge in [0.05, 0.1) is 12.9 Å². The van der Waals surface area contributed by atoms with Crippen molar-refractivity contribution >= 4 is 46.1 Å². The number of nitrogen functional groups attached to an aromatic ring is 1. The van der Waals surface area contributed by atoms with Crippen LogP contribution in [-0.2, 0) is 11.2 Å². The van der Waals surface area contributed by atoms with E-state index in [1.54, 1.807) is 12.1 Å². The van der Waals surface area contributed by atoms with E-state index in [2.05, 4.69) is 20.3 Å². The molecule has 30 heavy (non-hydrogen) atoms. The Kier molecular flexibility index (Phi) is 5.96. The summed E-state index contributed by atoms with van der Waals surface area (Å²) in [5.41, 5.74) is 7.52. The first-order valence-electron chi connectivity index (χ1n) is 9.19. The average molecular weight is 455 g/mol. The maximum Gasteiger partial charge on any atom is 0.224 e. The summed E-state index contributed by atoms with van der Waals surface area (Å²) in [6, 6.07) is 5.31. The number of nitrogens with zero attached hydrogens (tertiary/aromatic N) is 4. The van der Waals surface area contributed by atoms with Gasteiger partial charge in [-0.05, 0) is 24.1 Å². The molecule has 3 aromatic rings. The van der Waals surface area contributed by atoms with Gasteiger partial charge in [0.25, 0.3) is 0 Å². The molecule has 6 N–H and O–H groups in total. The van der Waals surface area contributed by atoms with Gasteiger partial charge in [0.2, 0.25) is 5.95 Å². The van der Waals surface area contributed by atoms with Crippen LogP contribution in [0.5, 0.6) is 0 Å². The molecular weight excluding hydrogens is 435 g/mol. The Morgan fingerprint density at radius 1 is 1.20 bits per heavy atom. The third-order valence-electron chi connectivity index (χ3n) is 4.93. The molecular formula is C18H20Cl2N6O4. The molecule has 4 atom stereocenters. The molecule has 0 radical (unpaired) electrons. The summed E-state index contributed by atoms with van der Waals surface area (Å²) in [5.74, 6) is 0.413. The lowest BCUT2D eigenvalue weighted by Crippen LogP contribution is -2.33. The van der Waals surface area contributed by atoms with Crippen LogP contribution in [0.4, 0.5) is 11.8 Å². The van der Waals surface area contributed by atoms with Crippen LogP contribution >= 0.6 is 23.2 Å². The summed E-state index contributed by atoms with van der Waals surface area (Å²) < 4.78 is 7.01. The van der Waals surface area contributed by atoms with E-state index in [4.69, 9.17) is 33.7 Å². The Morgan fingerprint density at radius 2 is 2.00 bits per heavy atom. The third kappa shape index (κ3) is 3.89. The number of rotatable bonds is 6. The summed E-state index contributed by atoms with van der Waals surface area (Å²) in [6.45, 7) is 0.0617. The van der Waals surface area contributed by atoms with Crippen LogP contribution in [0.2, 0.25) is 10.0 Å². The Labute approximate surface area is 181 Å². The summed E-state index contributed by atoms with van der Waals surface area (Å²) in [6.07, 6.45) is -2.37. The number of aliphatic hydroxyl groups is 3. The van der Waals surface area contributed by atoms with Gasteiger partial charge in [-0.15, -0.1) is 0 Å². The number of hydrogen-bond donors (Lipinski definition) is 5. The van der Waals surface area contributed by atoms with Crippen LogP contribution in [-0.4, -0.2) is 66.3 Å². The summed E-state index contributed by atoms with van der Waals surface area (Å²) >= 11 is 12.1. The van der Waals surface area contributed by atoms with E-state index in [1.165, 1.54) is 10.9 Å². The molecule has 0 aliphatic carbocycles. The number of imidazole rings is 1. The number of anilines is 2. The Bertz CT molecular complexity index is 1060. The molecule has 1 aliphatic heterocycles. The highest BCUT2D eigenvalue weighted by Crippen LogP contribution is 2.32. The van der Waals surface area contributed by atoms with E-state index in [0.29, 0.717) is 40.0 Å². The molecule has 160 valence electrons. The monoisotopic (exact) mass is 454 g/mol. The summed E-state index contributed by atoms with van der Waals surface area (Å²) in [5, 5.41) is 33.9. The molecule has 0 bridgehead atoms. The van der Waals surface area contributed by atoms with Gasteiger partial charge in [0.1, 0.15) is 18.3 Å². The van der Waals surface area contributed by atoms with Crippen molar-refractivity contribution in [2.75, 3.05) is 24.2 Å². The van der Waals surface area contributed by atoms with Gasteiger partial charge < -0.3 is 31.1 Å². The number of halogens is 2. The number of aromatic nitrogens is 4. The minimum atomic E-state index is -1.26. The van der Waals surface area contributed by atoms with Crippen LogP contribution in [0.25, 0.3) is 11.2 Å². The second-order valence-electron chi connectivity index (χ2n) is 6.90. The lowest BCUT2D eigenvalue weighted by Gasteiger charge is -2.16. The lowest BCUT2D eigenvalue weighted by molar-refractivity contribution is -0.0511. The van der Waals surface area contributed by atoms with Crippen LogP contribution in [0.15, 0.2) is 24.5 Å². The Hall–Kier alpha value is -2.21. The number of aliphatic hydroxyl groups excluding tert-OH is 3. The van der Waals surface area contributed by atoms with Crippen molar-refractivity contribution in [3.63, 3.8) is 0 Å². The Balaban J connectivity index is 1.57. The molecule has 1 aromatic carbocycles. The van der Waals surface area contributed by atoms with E-state index in [1.807, 2.05) is 6.07 Å². The third-order valence-corrected chi connectivity index (χ3v) is 5.52. The van der Waals surface area contributed by atoms with E-state index in [0.717, 1.165) is 5.56 Å². The van der Waals surface area contributed by atoms with Crippen molar-refractivity contribution < 1.29 is 20.1 Å². The number of nitrogens with two attached hydrogens (primary N) is 1. The zero-order chi connectivity index (χ0) is 21.4. The fourth-order valence-corrected chi connectivity index (χ4v) is 3.90. The van der Waals surface area contributed by atoms with Crippen molar-refractivity contribution in [2.24, 2.45) is 0 Å². The van der Waals surface area contributed by atoms with Gasteiger partial charge in [0.15, 0.2) is 23.2 Å². The van der Waals surface area contributed by atoms with Crippen LogP contribution in [0, 0.1) is 0 Å². The Morgan fingerprint density at radius 3 is 2.70 bits per heavy atom. The zero-order valence-corrected chi connectivity index (χ0v) is 17.1. The maximum absolute atomic E-state index is 10.3. The van der Waals surface area contributed by atoms with Crippen molar-refractivity contribution in [1.82, 2.24) is 19.5 Å². The molecule has 1 saturated heterocycles. The SMILES string of the molecule is Nc1nc(NCCc2ccc(Cl)cc2Cl)c2ncn([C@@H]3O[C@H](CO)[C@@H](O)[C@H]3O)c2n1. The van der Waals surface area contributed by atoms with E-state index in [9.17, 15) is 15.3 Å². The first-order valence-corrected chi connectivity index (χ1v) is 9.95. The van der Waals surface area contributed by atoms with Gasteiger partial charge in [-0.1, -0.05) is 29.3 Å². The molecule has 12 heteroatoms. The predicted molar refractivity (Wildman–Crippen MR) is 111 cm³/mol. The molecule has 10 nitrogen and oxygen atoms in total. The average Bonchev–Trinajstić information content (AvgIpc) is 3.24. The zero-order valence-electron chi connectivity index (χ0n) is 15.6. The molecule has 1 fully saturated rings. The van der Waals surface area contributed by atoms with E-state index >= 15 is 0 Å². The van der Waals surface area contributed by atoms with Gasteiger partial charge in [-0.3, -0.25) is 4.57 Å². The first-order chi connectivity index (χ1) is 14.4. The molecule has 0 amide bonds. The molecule has 3 heterocycles. The standard InChI is InChI=1S/C18H20Cl2N6O4/c19-9-2-1-8(10(20)5-9)3-4-22-15-12-16(25-18(21)24-15)26(7-23-12)17-14(29)13(28)11(6-27)30-17/h1-2,5,7,11,13-14,17,27-29H,3-4,6H2,(H3,21,22,24,25)/t11-,13-,14-,17-/m1/s1. The summed E-state index contributed by atoms with van der Waals surface area (Å²) in [7, 11) is 0. The van der Waals surface area contributed by atoms with Gasteiger partial charge >= 0.3 is 0 Å². The number of hydrogen-bond acceptors (Lipinski definition) is 9. The lowest BCUT2D eigenvalue weighted by atomic mass is 10.1. The largest absolute Gasteiger partial charge is 0.394 e. The number of nitrogens with one attached hydrogen (secondary N) is 1.